The average molecular weight is 217 g/mol. The summed E-state index contributed by atoms with van der Waals surface area (Å²) in [5, 5.41) is 13.9. The maximum atomic E-state index is 11.0. The van der Waals surface area contributed by atoms with Crippen LogP contribution in [0.4, 0.5) is 0 Å². The minimum atomic E-state index is -0.930. The van der Waals surface area contributed by atoms with Crippen LogP contribution < -0.4 is 0 Å². The zero-order valence-electron chi connectivity index (χ0n) is 8.63. The molecule has 0 bridgehead atoms. The first-order valence-corrected chi connectivity index (χ1v) is 5.33. The van der Waals surface area contributed by atoms with E-state index in [1.807, 2.05) is 4.68 Å². The topological polar surface area (TPSA) is 68.0 Å². The van der Waals surface area contributed by atoms with Crippen molar-refractivity contribution in [3.8, 4) is 0 Å². The highest BCUT2D eigenvalue weighted by Crippen LogP contribution is 2.33. The van der Waals surface area contributed by atoms with Crippen LogP contribution in [0.3, 0.4) is 0 Å². The molecule has 5 heteroatoms. The van der Waals surface area contributed by atoms with Crippen molar-refractivity contribution in [3.63, 3.8) is 0 Å². The van der Waals surface area contributed by atoms with Crippen LogP contribution in [0, 0.1) is 0 Å². The summed E-state index contributed by atoms with van der Waals surface area (Å²) in [7, 11) is 0. The van der Waals surface area contributed by atoms with Crippen molar-refractivity contribution in [1.29, 1.82) is 0 Å². The molecule has 0 aromatic carbocycles. The molecule has 0 unspecified atom stereocenters. The maximum absolute atomic E-state index is 11.0. The van der Waals surface area contributed by atoms with Crippen LogP contribution in [-0.2, 0) is 0 Å². The van der Waals surface area contributed by atoms with E-state index < -0.39 is 5.97 Å². The number of rotatable bonds is 2. The predicted molar refractivity (Wildman–Crippen MR) is 57.4 cm³/mol. The predicted octanol–water partition coefficient (Wildman–Crippen LogP) is 1.85. The van der Waals surface area contributed by atoms with E-state index in [9.17, 15) is 4.79 Å². The molecular weight excluding hydrogens is 206 g/mol. The van der Waals surface area contributed by atoms with Crippen molar-refractivity contribution < 1.29 is 9.90 Å². The van der Waals surface area contributed by atoms with Crippen LogP contribution >= 0.6 is 0 Å². The summed E-state index contributed by atoms with van der Waals surface area (Å²) in [5.41, 5.74) is 0.958. The van der Waals surface area contributed by atoms with Gasteiger partial charge >= 0.3 is 5.97 Å². The van der Waals surface area contributed by atoms with Gasteiger partial charge in [0.1, 0.15) is 0 Å². The van der Waals surface area contributed by atoms with Crippen molar-refractivity contribution in [2.45, 2.75) is 25.3 Å². The van der Waals surface area contributed by atoms with Gasteiger partial charge < -0.3 is 5.11 Å². The highest BCUT2D eigenvalue weighted by atomic mass is 16.4. The molecule has 2 aromatic heterocycles. The van der Waals surface area contributed by atoms with Gasteiger partial charge in [0.05, 0.1) is 23.2 Å². The van der Waals surface area contributed by atoms with E-state index in [-0.39, 0.29) is 5.56 Å². The lowest BCUT2D eigenvalue weighted by Crippen LogP contribution is -2.18. The first-order chi connectivity index (χ1) is 7.77. The molecule has 1 aliphatic rings. The number of hydrogen-bond donors (Lipinski definition) is 1. The van der Waals surface area contributed by atoms with Crippen molar-refractivity contribution in [3.05, 3.63) is 24.0 Å². The second-order valence-electron chi connectivity index (χ2n) is 4.07. The fourth-order valence-corrected chi connectivity index (χ4v) is 2.03. The normalized spacial score (nSPS) is 16.2. The minimum Gasteiger partial charge on any atom is -0.478 e. The molecule has 3 rings (SSSR count). The molecular formula is C11H11N3O2. The Morgan fingerprint density at radius 2 is 2.31 bits per heavy atom. The summed E-state index contributed by atoms with van der Waals surface area (Å²) >= 11 is 0. The Labute approximate surface area is 91.7 Å². The van der Waals surface area contributed by atoms with Crippen molar-refractivity contribution in [2.75, 3.05) is 0 Å². The molecule has 1 aliphatic carbocycles. The molecule has 1 saturated carbocycles. The third kappa shape index (κ3) is 1.21. The molecule has 2 aromatic rings. The summed E-state index contributed by atoms with van der Waals surface area (Å²) < 4.78 is 1.85. The van der Waals surface area contributed by atoms with Gasteiger partial charge in [-0.25, -0.2) is 14.5 Å². The van der Waals surface area contributed by atoms with E-state index in [0.29, 0.717) is 17.1 Å². The molecule has 16 heavy (non-hydrogen) atoms. The third-order valence-corrected chi connectivity index (χ3v) is 3.15. The molecule has 0 radical (unpaired) electrons. The van der Waals surface area contributed by atoms with Gasteiger partial charge in [0.2, 0.25) is 0 Å². The van der Waals surface area contributed by atoms with Crippen molar-refractivity contribution in [2.24, 2.45) is 0 Å². The van der Waals surface area contributed by atoms with Gasteiger partial charge in [-0.3, -0.25) is 0 Å². The molecule has 0 amide bonds. The van der Waals surface area contributed by atoms with Crippen LogP contribution in [-0.4, -0.2) is 25.8 Å². The molecule has 1 N–H and O–H groups in total. The quantitative estimate of drug-likeness (QED) is 0.833. The number of aromatic carboxylic acids is 1. The fraction of sp³-hybridized carbons (Fsp3) is 0.364. The highest BCUT2D eigenvalue weighted by molar-refractivity contribution is 6.01. The highest BCUT2D eigenvalue weighted by Gasteiger charge is 2.23. The second-order valence-corrected chi connectivity index (χ2v) is 4.07. The number of carbonyl (C=O) groups is 1. The lowest BCUT2D eigenvalue weighted by Gasteiger charge is -2.25. The summed E-state index contributed by atoms with van der Waals surface area (Å²) in [6.07, 6.45) is 6.56. The van der Waals surface area contributed by atoms with E-state index in [1.165, 1.54) is 18.7 Å². The number of aromatic nitrogens is 3. The molecule has 2 heterocycles. The van der Waals surface area contributed by atoms with Gasteiger partial charge in [-0.2, -0.15) is 5.10 Å². The van der Waals surface area contributed by atoms with Gasteiger partial charge in [-0.05, 0) is 25.3 Å². The largest absolute Gasteiger partial charge is 0.478 e. The minimum absolute atomic E-state index is 0.274. The van der Waals surface area contributed by atoms with Gasteiger partial charge in [-0.1, -0.05) is 0 Å². The van der Waals surface area contributed by atoms with Crippen LogP contribution in [0.1, 0.15) is 35.7 Å². The third-order valence-electron chi connectivity index (χ3n) is 3.15. The van der Waals surface area contributed by atoms with E-state index in [4.69, 9.17) is 5.11 Å². The Morgan fingerprint density at radius 3 is 2.94 bits per heavy atom. The molecule has 1 fully saturated rings. The maximum Gasteiger partial charge on any atom is 0.336 e. The van der Waals surface area contributed by atoms with Crippen molar-refractivity contribution in [1.82, 2.24) is 14.8 Å². The number of carboxylic acid groups (broad SMARTS) is 1. The van der Waals surface area contributed by atoms with Gasteiger partial charge in [0.15, 0.2) is 5.65 Å². The molecule has 0 atom stereocenters. The summed E-state index contributed by atoms with van der Waals surface area (Å²) in [4.78, 5) is 15.2. The van der Waals surface area contributed by atoms with E-state index in [2.05, 4.69) is 10.1 Å². The summed E-state index contributed by atoms with van der Waals surface area (Å²) in [5.74, 6) is -0.930. The number of fused-ring (bicyclic) bond motifs is 1. The van der Waals surface area contributed by atoms with Crippen LogP contribution in [0.2, 0.25) is 0 Å². The first kappa shape index (κ1) is 9.33. The molecule has 5 nitrogen and oxygen atoms in total. The number of carboxylic acids is 1. The second kappa shape index (κ2) is 3.30. The van der Waals surface area contributed by atoms with Gasteiger partial charge in [0, 0.05) is 6.20 Å². The smallest absolute Gasteiger partial charge is 0.336 e. The molecule has 82 valence electrons. The molecule has 0 aliphatic heterocycles. The summed E-state index contributed by atoms with van der Waals surface area (Å²) in [6.45, 7) is 0. The number of hydrogen-bond acceptors (Lipinski definition) is 3. The van der Waals surface area contributed by atoms with Gasteiger partial charge in [-0.15, -0.1) is 0 Å². The Hall–Kier alpha value is -1.91. The van der Waals surface area contributed by atoms with Gasteiger partial charge in [0.25, 0.3) is 0 Å². The van der Waals surface area contributed by atoms with Crippen LogP contribution in [0.5, 0.6) is 0 Å². The molecule has 0 saturated heterocycles. The lowest BCUT2D eigenvalue weighted by atomic mass is 9.93. The lowest BCUT2D eigenvalue weighted by molar-refractivity contribution is 0.0699. The van der Waals surface area contributed by atoms with Crippen molar-refractivity contribution >= 4 is 17.0 Å². The number of nitrogens with zero attached hydrogens (tertiary/aromatic N) is 3. The Bertz CT molecular complexity index is 557. The average Bonchev–Trinajstić information content (AvgIpc) is 2.59. The SMILES string of the molecule is O=C(O)c1ccnc2c1cnn2C1CCC1. The van der Waals surface area contributed by atoms with Crippen LogP contribution in [0.25, 0.3) is 11.0 Å². The Balaban J connectivity index is 2.19. The Kier molecular flexibility index (Phi) is 1.92. The van der Waals surface area contributed by atoms with E-state index >= 15 is 0 Å². The molecule has 0 spiro atoms. The van der Waals surface area contributed by atoms with Crippen LogP contribution in [0.15, 0.2) is 18.5 Å². The zero-order valence-corrected chi connectivity index (χ0v) is 8.63. The first-order valence-electron chi connectivity index (χ1n) is 5.33. The monoisotopic (exact) mass is 217 g/mol. The number of pyridine rings is 1. The summed E-state index contributed by atoms with van der Waals surface area (Å²) in [6, 6.07) is 1.91. The zero-order chi connectivity index (χ0) is 11.1. The fourth-order valence-electron chi connectivity index (χ4n) is 2.03. The van der Waals surface area contributed by atoms with E-state index in [0.717, 1.165) is 12.8 Å². The van der Waals surface area contributed by atoms with E-state index in [1.54, 1.807) is 6.20 Å². The standard InChI is InChI=1S/C11H11N3O2/c15-11(16)8-4-5-12-10-9(8)6-13-14(10)7-2-1-3-7/h4-7H,1-3H2,(H,15,16). The Morgan fingerprint density at radius 1 is 1.50 bits per heavy atom.